The molecular weight excluding hydrogens is 206 g/mol. The molecule has 0 aliphatic heterocycles. The average molecular weight is 225 g/mol. The number of hydrogen-bond donors (Lipinski definition) is 0. The van der Waals surface area contributed by atoms with Crippen LogP contribution >= 0.6 is 0 Å². The van der Waals surface area contributed by atoms with E-state index in [1.807, 2.05) is 12.4 Å². The van der Waals surface area contributed by atoms with Crippen molar-refractivity contribution in [3.8, 4) is 11.1 Å². The van der Waals surface area contributed by atoms with Crippen LogP contribution < -0.4 is 0 Å². The van der Waals surface area contributed by atoms with E-state index >= 15 is 0 Å². The summed E-state index contributed by atoms with van der Waals surface area (Å²) in [4.78, 5) is 4.07. The van der Waals surface area contributed by atoms with Crippen LogP contribution in [0.15, 0.2) is 48.8 Å². The van der Waals surface area contributed by atoms with Crippen molar-refractivity contribution in [2.75, 3.05) is 0 Å². The maximum atomic E-state index is 4.07. The Balaban J connectivity index is 2.28. The molecule has 0 saturated carbocycles. The van der Waals surface area contributed by atoms with Crippen LogP contribution in [0.3, 0.4) is 0 Å². The Kier molecular flexibility index (Phi) is 3.92. The molecule has 0 N–H and O–H groups in total. The Morgan fingerprint density at radius 2 is 1.71 bits per heavy atom. The van der Waals surface area contributed by atoms with E-state index in [-0.39, 0.29) is 0 Å². The van der Waals surface area contributed by atoms with E-state index in [4.69, 9.17) is 0 Å². The van der Waals surface area contributed by atoms with Crippen LogP contribution in [0.5, 0.6) is 0 Å². The molecule has 1 aromatic heterocycles. The van der Waals surface area contributed by atoms with E-state index in [2.05, 4.69) is 55.2 Å². The van der Waals surface area contributed by atoms with Gasteiger partial charge in [-0.15, -0.1) is 0 Å². The fraction of sp³-hybridized carbons (Fsp3) is 0.312. The molecule has 0 radical (unpaired) electrons. The zero-order valence-electron chi connectivity index (χ0n) is 10.6. The molecule has 0 fully saturated rings. The average Bonchev–Trinajstić information content (AvgIpc) is 2.38. The number of aryl methyl sites for hydroxylation is 1. The molecule has 17 heavy (non-hydrogen) atoms. The van der Waals surface area contributed by atoms with Crippen LogP contribution in [0.2, 0.25) is 0 Å². The molecule has 0 spiro atoms. The van der Waals surface area contributed by atoms with Gasteiger partial charge >= 0.3 is 0 Å². The summed E-state index contributed by atoms with van der Waals surface area (Å²) >= 11 is 0. The fourth-order valence-corrected chi connectivity index (χ4v) is 2.00. The standard InChI is InChI=1S/C16H19N/c1-13(2)7-8-14-5-3-4-6-16(14)15-9-11-17-12-10-15/h3-6,9-13H,7-8H2,1-2H3. The molecule has 0 bridgehead atoms. The summed E-state index contributed by atoms with van der Waals surface area (Å²) < 4.78 is 0. The first-order valence-electron chi connectivity index (χ1n) is 6.25. The molecule has 2 aromatic rings. The third kappa shape index (κ3) is 3.16. The molecule has 0 atom stereocenters. The van der Waals surface area contributed by atoms with Crippen LogP contribution in [0.25, 0.3) is 11.1 Å². The van der Waals surface area contributed by atoms with Crippen molar-refractivity contribution in [3.05, 3.63) is 54.4 Å². The summed E-state index contributed by atoms with van der Waals surface area (Å²) in [6.07, 6.45) is 6.10. The molecule has 88 valence electrons. The van der Waals surface area contributed by atoms with Gasteiger partial charge in [-0.1, -0.05) is 38.1 Å². The molecule has 0 aliphatic rings. The Morgan fingerprint density at radius 3 is 2.41 bits per heavy atom. The van der Waals surface area contributed by atoms with Gasteiger partial charge in [0.15, 0.2) is 0 Å². The van der Waals surface area contributed by atoms with E-state index in [0.717, 1.165) is 12.3 Å². The van der Waals surface area contributed by atoms with Gasteiger partial charge in [-0.25, -0.2) is 0 Å². The summed E-state index contributed by atoms with van der Waals surface area (Å²) in [6, 6.07) is 12.8. The number of hydrogen-bond acceptors (Lipinski definition) is 1. The van der Waals surface area contributed by atoms with Crippen LogP contribution in [0.1, 0.15) is 25.8 Å². The van der Waals surface area contributed by atoms with E-state index in [1.54, 1.807) is 0 Å². The van der Waals surface area contributed by atoms with Gasteiger partial charge in [0.05, 0.1) is 0 Å². The minimum absolute atomic E-state index is 0.750. The molecule has 0 unspecified atom stereocenters. The van der Waals surface area contributed by atoms with Gasteiger partial charge in [-0.3, -0.25) is 4.98 Å². The zero-order valence-corrected chi connectivity index (χ0v) is 10.6. The van der Waals surface area contributed by atoms with Crippen molar-refractivity contribution < 1.29 is 0 Å². The fourth-order valence-electron chi connectivity index (χ4n) is 2.00. The SMILES string of the molecule is CC(C)CCc1ccccc1-c1ccncc1. The Hall–Kier alpha value is -1.63. The largest absolute Gasteiger partial charge is 0.265 e. The second-order valence-corrected chi connectivity index (χ2v) is 4.83. The third-order valence-electron chi connectivity index (χ3n) is 3.00. The molecule has 2 rings (SSSR count). The highest BCUT2D eigenvalue weighted by Gasteiger charge is 2.04. The van der Waals surface area contributed by atoms with Crippen molar-refractivity contribution in [3.63, 3.8) is 0 Å². The maximum Gasteiger partial charge on any atom is 0.0273 e. The van der Waals surface area contributed by atoms with Gasteiger partial charge in [0.2, 0.25) is 0 Å². The van der Waals surface area contributed by atoms with E-state index < -0.39 is 0 Å². The lowest BCUT2D eigenvalue weighted by molar-refractivity contribution is 0.587. The molecular formula is C16H19N. The minimum Gasteiger partial charge on any atom is -0.265 e. The van der Waals surface area contributed by atoms with Crippen molar-refractivity contribution in [1.29, 1.82) is 0 Å². The second kappa shape index (κ2) is 5.62. The molecule has 0 aliphatic carbocycles. The Morgan fingerprint density at radius 1 is 1.00 bits per heavy atom. The van der Waals surface area contributed by atoms with Crippen LogP contribution in [-0.2, 0) is 6.42 Å². The minimum atomic E-state index is 0.750. The molecule has 0 amide bonds. The van der Waals surface area contributed by atoms with Gasteiger partial charge in [0.25, 0.3) is 0 Å². The van der Waals surface area contributed by atoms with E-state index in [1.165, 1.54) is 23.1 Å². The highest BCUT2D eigenvalue weighted by atomic mass is 14.6. The predicted octanol–water partition coefficient (Wildman–Crippen LogP) is 4.34. The van der Waals surface area contributed by atoms with E-state index in [0.29, 0.717) is 0 Å². The highest BCUT2D eigenvalue weighted by Crippen LogP contribution is 2.24. The third-order valence-corrected chi connectivity index (χ3v) is 3.00. The molecule has 1 aromatic carbocycles. The number of nitrogens with zero attached hydrogens (tertiary/aromatic N) is 1. The monoisotopic (exact) mass is 225 g/mol. The van der Waals surface area contributed by atoms with Gasteiger partial charge in [-0.2, -0.15) is 0 Å². The maximum absolute atomic E-state index is 4.07. The topological polar surface area (TPSA) is 12.9 Å². The lowest BCUT2D eigenvalue weighted by Gasteiger charge is -2.10. The number of rotatable bonds is 4. The van der Waals surface area contributed by atoms with E-state index in [9.17, 15) is 0 Å². The molecule has 1 heteroatoms. The van der Waals surface area contributed by atoms with Crippen molar-refractivity contribution in [2.45, 2.75) is 26.7 Å². The lowest BCUT2D eigenvalue weighted by Crippen LogP contribution is -1.94. The van der Waals surface area contributed by atoms with Gasteiger partial charge in [-0.05, 0) is 47.6 Å². The van der Waals surface area contributed by atoms with Gasteiger partial charge in [0, 0.05) is 12.4 Å². The predicted molar refractivity (Wildman–Crippen MR) is 72.8 cm³/mol. The number of aromatic nitrogens is 1. The first-order chi connectivity index (χ1) is 8.27. The van der Waals surface area contributed by atoms with Crippen LogP contribution in [0.4, 0.5) is 0 Å². The number of pyridine rings is 1. The molecule has 1 heterocycles. The van der Waals surface area contributed by atoms with Crippen molar-refractivity contribution in [1.82, 2.24) is 4.98 Å². The highest BCUT2D eigenvalue weighted by molar-refractivity contribution is 5.66. The Bertz CT molecular complexity index is 460. The van der Waals surface area contributed by atoms with Gasteiger partial charge in [0.1, 0.15) is 0 Å². The first kappa shape index (κ1) is 11.8. The summed E-state index contributed by atoms with van der Waals surface area (Å²) in [5.74, 6) is 0.750. The second-order valence-electron chi connectivity index (χ2n) is 4.83. The normalized spacial score (nSPS) is 10.8. The van der Waals surface area contributed by atoms with Crippen LogP contribution in [-0.4, -0.2) is 4.98 Å². The van der Waals surface area contributed by atoms with Gasteiger partial charge < -0.3 is 0 Å². The zero-order chi connectivity index (χ0) is 12.1. The smallest absolute Gasteiger partial charge is 0.0273 e. The first-order valence-corrected chi connectivity index (χ1v) is 6.25. The molecule has 1 nitrogen and oxygen atoms in total. The van der Waals surface area contributed by atoms with Crippen molar-refractivity contribution >= 4 is 0 Å². The number of benzene rings is 1. The quantitative estimate of drug-likeness (QED) is 0.754. The Labute approximate surface area is 104 Å². The summed E-state index contributed by atoms with van der Waals surface area (Å²) in [5.41, 5.74) is 4.04. The molecule has 0 saturated heterocycles. The summed E-state index contributed by atoms with van der Waals surface area (Å²) in [7, 11) is 0. The van der Waals surface area contributed by atoms with Crippen molar-refractivity contribution in [2.24, 2.45) is 5.92 Å². The lowest BCUT2D eigenvalue weighted by atomic mass is 9.95. The summed E-state index contributed by atoms with van der Waals surface area (Å²) in [5, 5.41) is 0. The summed E-state index contributed by atoms with van der Waals surface area (Å²) in [6.45, 7) is 4.55. The van der Waals surface area contributed by atoms with Crippen LogP contribution in [0, 0.1) is 5.92 Å².